The lowest BCUT2D eigenvalue weighted by Crippen LogP contribution is -1.55. The Kier molecular flexibility index (Phi) is 2.08. The van der Waals surface area contributed by atoms with Crippen LogP contribution in [-0.2, 0) is 0 Å². The lowest BCUT2D eigenvalue weighted by Gasteiger charge is -1.65. The van der Waals surface area contributed by atoms with Crippen LogP contribution in [-0.4, -0.2) is 5.86 Å². The summed E-state index contributed by atoms with van der Waals surface area (Å²) in [4.78, 5) is 0. The minimum atomic E-state index is -0.394. The molecule has 0 aromatic carbocycles. The van der Waals surface area contributed by atoms with Crippen LogP contribution in [0.5, 0.6) is 0 Å². The molecule has 0 heterocycles. The fourth-order valence-electron chi connectivity index (χ4n) is 0. The lowest BCUT2D eigenvalue weighted by molar-refractivity contribution is 1.10. The first-order chi connectivity index (χ1) is 2.27. The molecule has 4 heavy (non-hydrogen) atoms. The van der Waals surface area contributed by atoms with Gasteiger partial charge in [0.15, 0.2) is 0 Å². The standard InChI is InChI=1S/C3H7Cl/c1-2-3-4/h2-3H2,1H3/i3D. The summed E-state index contributed by atoms with van der Waals surface area (Å²) in [5, 5.41) is 0. The average molecular weight is 79.5 g/mol. The first-order valence-corrected chi connectivity index (χ1v) is 1.77. The molecule has 1 heteroatoms. The zero-order chi connectivity index (χ0) is 4.28. The Hall–Kier alpha value is 0.290. The maximum absolute atomic E-state index is 6.59. The molecule has 0 N–H and O–H groups in total. The third-order valence-electron chi connectivity index (χ3n) is 0.154. The summed E-state index contributed by atoms with van der Waals surface area (Å²) in [5.41, 5.74) is 0. The molecule has 0 radical (unpaired) electrons. The van der Waals surface area contributed by atoms with Crippen molar-refractivity contribution in [1.29, 1.82) is 0 Å². The highest BCUT2D eigenvalue weighted by atomic mass is 35.5. The minimum absolute atomic E-state index is 0.394. The molecule has 26 valence electrons. The highest BCUT2D eigenvalue weighted by Crippen LogP contribution is 1.75. The maximum atomic E-state index is 6.59. The molecular weight excluding hydrogens is 71.5 g/mol. The normalized spacial score (nSPS) is 19.0. The van der Waals surface area contributed by atoms with Gasteiger partial charge >= 0.3 is 0 Å². The summed E-state index contributed by atoms with van der Waals surface area (Å²) in [7, 11) is 0. The van der Waals surface area contributed by atoms with E-state index in [-0.39, 0.29) is 0 Å². The highest BCUT2D eigenvalue weighted by molar-refractivity contribution is 6.17. The van der Waals surface area contributed by atoms with E-state index >= 15 is 0 Å². The van der Waals surface area contributed by atoms with E-state index in [0.29, 0.717) is 0 Å². The SMILES string of the molecule is [2H]C(Cl)CC. The minimum Gasteiger partial charge on any atom is -0.127 e. The number of hydrogen-bond donors (Lipinski definition) is 0. The molecule has 0 aliphatic heterocycles. The van der Waals surface area contributed by atoms with Crippen molar-refractivity contribution in [2.75, 3.05) is 5.86 Å². The van der Waals surface area contributed by atoms with Crippen molar-refractivity contribution in [3.63, 3.8) is 0 Å². The Bertz CT molecular complexity index is 20.9. The maximum Gasteiger partial charge on any atom is 0.0435 e. The zero-order valence-electron chi connectivity index (χ0n) is 3.66. The fourth-order valence-corrected chi connectivity index (χ4v) is 0. The van der Waals surface area contributed by atoms with E-state index < -0.39 is 5.86 Å². The van der Waals surface area contributed by atoms with Crippen molar-refractivity contribution in [2.45, 2.75) is 13.3 Å². The third kappa shape index (κ3) is 2.29. The van der Waals surface area contributed by atoms with Gasteiger partial charge in [-0.1, -0.05) is 6.92 Å². The average Bonchev–Trinajstić information content (AvgIpc) is 1.38. The van der Waals surface area contributed by atoms with Gasteiger partial charge in [0.25, 0.3) is 0 Å². The molecule has 0 aliphatic rings. The summed E-state index contributed by atoms with van der Waals surface area (Å²) in [6.45, 7) is 1.88. The Morgan fingerprint density at radius 1 is 2.25 bits per heavy atom. The van der Waals surface area contributed by atoms with E-state index in [4.69, 9.17) is 13.0 Å². The van der Waals surface area contributed by atoms with E-state index in [9.17, 15) is 0 Å². The van der Waals surface area contributed by atoms with Gasteiger partial charge in [-0.25, -0.2) is 0 Å². The van der Waals surface area contributed by atoms with Crippen molar-refractivity contribution < 1.29 is 1.37 Å². The van der Waals surface area contributed by atoms with Crippen molar-refractivity contribution in [3.05, 3.63) is 0 Å². The second kappa shape index (κ2) is 3.29. The molecular formula is C3H7Cl. The van der Waals surface area contributed by atoms with Gasteiger partial charge in [0, 0.05) is 7.23 Å². The van der Waals surface area contributed by atoms with Crippen LogP contribution in [0.3, 0.4) is 0 Å². The van der Waals surface area contributed by atoms with E-state index in [0.717, 1.165) is 6.42 Å². The molecule has 0 saturated carbocycles. The fraction of sp³-hybridized carbons (Fsp3) is 1.00. The van der Waals surface area contributed by atoms with Gasteiger partial charge in [0.05, 0.1) is 0 Å². The van der Waals surface area contributed by atoms with Crippen LogP contribution in [0, 0.1) is 0 Å². The number of halogens is 1. The number of hydrogen-bond acceptors (Lipinski definition) is 0. The molecule has 0 fully saturated rings. The molecule has 0 amide bonds. The van der Waals surface area contributed by atoms with Crippen LogP contribution in [0.1, 0.15) is 14.7 Å². The molecule has 0 rings (SSSR count). The summed E-state index contributed by atoms with van der Waals surface area (Å²) in [6.07, 6.45) is 0.738. The van der Waals surface area contributed by atoms with Gasteiger partial charge in [0.1, 0.15) is 0 Å². The monoisotopic (exact) mass is 79.0 g/mol. The molecule has 1 unspecified atom stereocenters. The van der Waals surface area contributed by atoms with Gasteiger partial charge in [-0.3, -0.25) is 0 Å². The van der Waals surface area contributed by atoms with E-state index in [1.54, 1.807) is 0 Å². The highest BCUT2D eigenvalue weighted by Gasteiger charge is 1.59. The molecule has 1 atom stereocenters. The molecule has 0 bridgehead atoms. The van der Waals surface area contributed by atoms with Crippen LogP contribution in [0.25, 0.3) is 0 Å². The van der Waals surface area contributed by atoms with Gasteiger partial charge in [-0.15, -0.1) is 11.6 Å². The van der Waals surface area contributed by atoms with E-state index in [2.05, 4.69) is 0 Å². The van der Waals surface area contributed by atoms with Gasteiger partial charge < -0.3 is 0 Å². The number of rotatable bonds is 1. The second-order valence-corrected chi connectivity index (χ2v) is 0.871. The van der Waals surface area contributed by atoms with Crippen molar-refractivity contribution in [3.8, 4) is 0 Å². The van der Waals surface area contributed by atoms with Crippen LogP contribution in [0.15, 0.2) is 0 Å². The topological polar surface area (TPSA) is 0 Å². The molecule has 0 aromatic rings. The Labute approximate surface area is 33.2 Å². The summed E-state index contributed by atoms with van der Waals surface area (Å²) in [6, 6.07) is 0. The zero-order valence-corrected chi connectivity index (χ0v) is 3.42. The van der Waals surface area contributed by atoms with Crippen LogP contribution >= 0.6 is 11.6 Å². The Morgan fingerprint density at radius 3 is 2.50 bits per heavy atom. The summed E-state index contributed by atoms with van der Waals surface area (Å²) >= 11 is 5.13. The molecule has 0 saturated heterocycles. The van der Waals surface area contributed by atoms with Crippen LogP contribution in [0.4, 0.5) is 0 Å². The van der Waals surface area contributed by atoms with Gasteiger partial charge in [-0.05, 0) is 6.42 Å². The van der Waals surface area contributed by atoms with Crippen LogP contribution < -0.4 is 0 Å². The molecule has 0 spiro atoms. The Morgan fingerprint density at radius 2 is 2.50 bits per heavy atom. The predicted octanol–water partition coefficient (Wildman–Crippen LogP) is 1.64. The van der Waals surface area contributed by atoms with Crippen molar-refractivity contribution in [1.82, 2.24) is 0 Å². The van der Waals surface area contributed by atoms with Gasteiger partial charge in [-0.2, -0.15) is 0 Å². The molecule has 0 aromatic heterocycles. The second-order valence-electron chi connectivity index (χ2n) is 0.563. The Balaban J connectivity index is 2.54. The smallest absolute Gasteiger partial charge is 0.0435 e. The predicted molar refractivity (Wildman–Crippen MR) is 21.0 cm³/mol. The first kappa shape index (κ1) is 2.52. The first-order valence-electron chi connectivity index (χ1n) is 1.91. The van der Waals surface area contributed by atoms with Crippen LogP contribution in [0.2, 0.25) is 0 Å². The summed E-state index contributed by atoms with van der Waals surface area (Å²) in [5.74, 6) is -0.394. The number of alkyl halides is 1. The van der Waals surface area contributed by atoms with Gasteiger partial charge in [0.2, 0.25) is 0 Å². The van der Waals surface area contributed by atoms with E-state index in [1.165, 1.54) is 0 Å². The largest absolute Gasteiger partial charge is 0.127 e. The van der Waals surface area contributed by atoms with E-state index in [1.807, 2.05) is 6.92 Å². The molecule has 0 aliphatic carbocycles. The molecule has 0 nitrogen and oxygen atoms in total. The van der Waals surface area contributed by atoms with Crippen molar-refractivity contribution >= 4 is 11.6 Å². The third-order valence-corrected chi connectivity index (χ3v) is 0.463. The summed E-state index contributed by atoms with van der Waals surface area (Å²) < 4.78 is 6.59. The quantitative estimate of drug-likeness (QED) is 0.419. The lowest BCUT2D eigenvalue weighted by atomic mass is 10.6. The van der Waals surface area contributed by atoms with Crippen molar-refractivity contribution in [2.24, 2.45) is 0 Å².